The van der Waals surface area contributed by atoms with Crippen molar-refractivity contribution in [1.29, 1.82) is 0 Å². The molecule has 2 aliphatic heterocycles. The molecular formula is C54H68N4. The van der Waals surface area contributed by atoms with Gasteiger partial charge in [-0.1, -0.05) is 235 Å². The number of hydrogen-bond acceptors (Lipinski definition) is 4. The summed E-state index contributed by atoms with van der Waals surface area (Å²) in [5, 5.41) is 7.31. The molecule has 6 aromatic rings. The van der Waals surface area contributed by atoms with Crippen LogP contribution in [0.15, 0.2) is 168 Å². The Bertz CT molecular complexity index is 1910. The van der Waals surface area contributed by atoms with E-state index in [0.29, 0.717) is 0 Å². The molecule has 4 atom stereocenters. The molecule has 8 rings (SSSR count). The summed E-state index contributed by atoms with van der Waals surface area (Å²) in [6.07, 6.45) is 0. The summed E-state index contributed by atoms with van der Waals surface area (Å²) in [5.41, 5.74) is 12.4. The van der Waals surface area contributed by atoms with E-state index in [4.69, 9.17) is 9.98 Å². The fourth-order valence-electron chi connectivity index (χ4n) is 6.60. The van der Waals surface area contributed by atoms with Gasteiger partial charge >= 0.3 is 0 Å². The molecule has 4 heteroatoms. The van der Waals surface area contributed by atoms with Gasteiger partial charge in [0.2, 0.25) is 0 Å². The van der Waals surface area contributed by atoms with Gasteiger partial charge in [-0.2, -0.15) is 0 Å². The quantitative estimate of drug-likeness (QED) is 0.177. The molecule has 2 aliphatic rings. The van der Waals surface area contributed by atoms with Gasteiger partial charge in [-0.25, -0.2) is 0 Å². The van der Waals surface area contributed by atoms with Crippen molar-refractivity contribution in [2.75, 3.05) is 0 Å². The third-order valence-electron chi connectivity index (χ3n) is 9.56. The molecule has 6 aromatic carbocycles. The number of hydrogen-bond donors (Lipinski definition) is 2. The average Bonchev–Trinajstić information content (AvgIpc) is 3.95. The van der Waals surface area contributed by atoms with E-state index in [1.54, 1.807) is 0 Å². The lowest BCUT2D eigenvalue weighted by Gasteiger charge is -2.20. The maximum absolute atomic E-state index is 5.04. The third kappa shape index (κ3) is 12.6. The summed E-state index contributed by atoms with van der Waals surface area (Å²) in [6.45, 7) is 24.5. The van der Waals surface area contributed by atoms with Gasteiger partial charge in [0.15, 0.2) is 0 Å². The van der Waals surface area contributed by atoms with Gasteiger partial charge in [-0.15, -0.1) is 0 Å². The molecule has 0 bridgehead atoms. The molecule has 58 heavy (non-hydrogen) atoms. The lowest BCUT2D eigenvalue weighted by Crippen LogP contribution is -2.25. The number of amidine groups is 2. The molecule has 0 fully saturated rings. The zero-order chi connectivity index (χ0) is 42.5. The van der Waals surface area contributed by atoms with Crippen LogP contribution >= 0.6 is 0 Å². The highest BCUT2D eigenvalue weighted by Crippen LogP contribution is 2.38. The van der Waals surface area contributed by atoms with Crippen LogP contribution < -0.4 is 10.6 Å². The lowest BCUT2D eigenvalue weighted by atomic mass is 9.94. The standard InChI is InChI=1S/2C23H22N2.4C2H6/c2*1-16-8-12-18(13-9-16)21-22(19-14-10-17(2)11-15-19)25-23(24-21)20-6-4-3-5-7-20;4*1-2/h2*3-15,21-22H,1-2H3,(H,24,25);4*1-2H3/t2*21-,22+;;;;. The Hall–Kier alpha value is -5.74. The highest BCUT2D eigenvalue weighted by Gasteiger charge is 2.33. The number of aryl methyl sites for hydroxylation is 4. The van der Waals surface area contributed by atoms with E-state index >= 15 is 0 Å². The van der Waals surface area contributed by atoms with Crippen LogP contribution in [-0.2, 0) is 0 Å². The normalized spacial score (nSPS) is 17.1. The molecule has 304 valence electrons. The molecule has 2 N–H and O–H groups in total. The van der Waals surface area contributed by atoms with Crippen molar-refractivity contribution in [1.82, 2.24) is 10.6 Å². The van der Waals surface area contributed by atoms with Gasteiger partial charge in [0.1, 0.15) is 23.8 Å². The molecule has 0 aromatic heterocycles. The summed E-state index contributed by atoms with van der Waals surface area (Å²) >= 11 is 0. The summed E-state index contributed by atoms with van der Waals surface area (Å²) in [4.78, 5) is 10.1. The summed E-state index contributed by atoms with van der Waals surface area (Å²) in [6, 6.07) is 56.1. The smallest absolute Gasteiger partial charge is 0.129 e. The molecule has 0 spiro atoms. The largest absolute Gasteiger partial charge is 0.361 e. The van der Waals surface area contributed by atoms with E-state index in [1.807, 2.05) is 67.5 Å². The van der Waals surface area contributed by atoms with Crippen LogP contribution in [-0.4, -0.2) is 11.7 Å². The van der Waals surface area contributed by atoms with Crippen molar-refractivity contribution in [3.63, 3.8) is 0 Å². The first-order valence-corrected chi connectivity index (χ1v) is 21.5. The van der Waals surface area contributed by atoms with Crippen LogP contribution in [0.3, 0.4) is 0 Å². The number of aliphatic imine (C=N–C) groups is 2. The van der Waals surface area contributed by atoms with Crippen LogP contribution in [0.25, 0.3) is 0 Å². The Balaban J connectivity index is 0.000000265. The fraction of sp³-hybridized carbons (Fsp3) is 0.296. The molecular weight excluding hydrogens is 705 g/mol. The van der Waals surface area contributed by atoms with Crippen LogP contribution in [0.4, 0.5) is 0 Å². The van der Waals surface area contributed by atoms with Crippen LogP contribution in [0.5, 0.6) is 0 Å². The van der Waals surface area contributed by atoms with E-state index in [-0.39, 0.29) is 24.2 Å². The van der Waals surface area contributed by atoms with E-state index in [9.17, 15) is 0 Å². The molecule has 2 heterocycles. The lowest BCUT2D eigenvalue weighted by molar-refractivity contribution is 0.572. The molecule has 0 amide bonds. The van der Waals surface area contributed by atoms with E-state index in [1.165, 1.54) is 44.5 Å². The summed E-state index contributed by atoms with van der Waals surface area (Å²) in [5.74, 6) is 1.94. The molecule has 4 nitrogen and oxygen atoms in total. The van der Waals surface area contributed by atoms with Gasteiger partial charge < -0.3 is 10.6 Å². The van der Waals surface area contributed by atoms with Gasteiger partial charge in [-0.3, -0.25) is 9.98 Å². The SMILES string of the molecule is CC.CC.CC.CC.Cc1ccc([C@H]2N=C(c3ccccc3)N[C@H]2c2ccc(C)cc2)cc1.Cc1ccc([C@H]2N=C(c3ccccc3)N[C@H]2c2ccc(C)cc2)cc1. The molecule has 0 saturated carbocycles. The predicted molar refractivity (Wildman–Crippen MR) is 253 cm³/mol. The Morgan fingerprint density at radius 2 is 0.552 bits per heavy atom. The van der Waals surface area contributed by atoms with Gasteiger partial charge in [0, 0.05) is 11.1 Å². The summed E-state index contributed by atoms with van der Waals surface area (Å²) < 4.78 is 0. The Morgan fingerprint density at radius 3 is 0.810 bits per heavy atom. The maximum Gasteiger partial charge on any atom is 0.129 e. The fourth-order valence-corrected chi connectivity index (χ4v) is 6.60. The first-order valence-electron chi connectivity index (χ1n) is 21.5. The minimum Gasteiger partial charge on any atom is -0.361 e. The average molecular weight is 773 g/mol. The van der Waals surface area contributed by atoms with E-state index in [0.717, 1.165) is 22.8 Å². The monoisotopic (exact) mass is 773 g/mol. The number of nitrogens with one attached hydrogen (secondary N) is 2. The van der Waals surface area contributed by atoms with Crippen molar-refractivity contribution >= 4 is 11.7 Å². The molecule has 0 radical (unpaired) electrons. The van der Waals surface area contributed by atoms with Crippen molar-refractivity contribution in [2.45, 2.75) is 107 Å². The topological polar surface area (TPSA) is 48.8 Å². The third-order valence-corrected chi connectivity index (χ3v) is 9.56. The molecule has 0 saturated heterocycles. The first-order chi connectivity index (χ1) is 28.4. The second-order valence-corrected chi connectivity index (χ2v) is 13.5. The minimum atomic E-state index is 0.0820. The highest BCUT2D eigenvalue weighted by molar-refractivity contribution is 6.01. The second-order valence-electron chi connectivity index (χ2n) is 13.5. The Morgan fingerprint density at radius 1 is 0.310 bits per heavy atom. The van der Waals surface area contributed by atoms with Gasteiger partial charge in [0.25, 0.3) is 0 Å². The zero-order valence-electron chi connectivity index (χ0n) is 37.2. The van der Waals surface area contributed by atoms with Crippen molar-refractivity contribution < 1.29 is 0 Å². The zero-order valence-corrected chi connectivity index (χ0v) is 37.2. The number of nitrogens with zero attached hydrogens (tertiary/aromatic N) is 2. The molecule has 0 unspecified atom stereocenters. The van der Waals surface area contributed by atoms with Gasteiger partial charge in [0.05, 0.1) is 12.1 Å². The number of rotatable bonds is 6. The Labute approximate surface area is 351 Å². The number of benzene rings is 6. The summed E-state index contributed by atoms with van der Waals surface area (Å²) in [7, 11) is 0. The minimum absolute atomic E-state index is 0.0820. The van der Waals surface area contributed by atoms with Crippen molar-refractivity contribution in [3.05, 3.63) is 213 Å². The van der Waals surface area contributed by atoms with Crippen LogP contribution in [0.1, 0.15) is 135 Å². The van der Waals surface area contributed by atoms with Crippen LogP contribution in [0.2, 0.25) is 0 Å². The Kier molecular flexibility index (Phi) is 19.9. The van der Waals surface area contributed by atoms with Crippen LogP contribution in [0, 0.1) is 27.7 Å². The van der Waals surface area contributed by atoms with Crippen molar-refractivity contribution in [3.8, 4) is 0 Å². The van der Waals surface area contributed by atoms with E-state index in [2.05, 4.69) is 184 Å². The highest BCUT2D eigenvalue weighted by atomic mass is 15.1. The first kappa shape index (κ1) is 46.6. The van der Waals surface area contributed by atoms with Gasteiger partial charge in [-0.05, 0) is 49.9 Å². The second kappa shape index (κ2) is 24.8. The maximum atomic E-state index is 5.04. The van der Waals surface area contributed by atoms with Crippen molar-refractivity contribution in [2.24, 2.45) is 9.98 Å². The molecule has 0 aliphatic carbocycles. The van der Waals surface area contributed by atoms with E-state index < -0.39 is 0 Å². The predicted octanol–water partition coefficient (Wildman–Crippen LogP) is 14.4.